The van der Waals surface area contributed by atoms with Crippen LogP contribution in [0, 0.1) is 17.1 Å². The lowest BCUT2D eigenvalue weighted by Crippen LogP contribution is -2.41. The summed E-state index contributed by atoms with van der Waals surface area (Å²) < 4.78 is 16.7. The first-order chi connectivity index (χ1) is 17.0. The van der Waals surface area contributed by atoms with Crippen LogP contribution in [-0.2, 0) is 0 Å². The average Bonchev–Trinajstić information content (AvgIpc) is 3.32. The summed E-state index contributed by atoms with van der Waals surface area (Å²) in [5.74, 6) is 0.206. The van der Waals surface area contributed by atoms with Crippen molar-refractivity contribution in [1.82, 2.24) is 24.8 Å². The van der Waals surface area contributed by atoms with Gasteiger partial charge in [-0.15, -0.1) is 0 Å². The lowest BCUT2D eigenvalue weighted by Gasteiger charge is -2.32. The zero-order valence-electron chi connectivity index (χ0n) is 20.2. The van der Waals surface area contributed by atoms with E-state index in [2.05, 4.69) is 33.6 Å². The molecule has 0 radical (unpaired) electrons. The summed E-state index contributed by atoms with van der Waals surface area (Å²) in [5.41, 5.74) is 4.62. The highest BCUT2D eigenvalue weighted by atomic mass is 19.1. The summed E-state index contributed by atoms with van der Waals surface area (Å²) in [4.78, 5) is 16.6. The third kappa shape index (κ3) is 4.35. The van der Waals surface area contributed by atoms with Gasteiger partial charge in [0.1, 0.15) is 17.7 Å². The molecule has 0 unspecified atom stereocenters. The molecule has 0 saturated carbocycles. The molecule has 7 nitrogen and oxygen atoms in total. The van der Waals surface area contributed by atoms with E-state index < -0.39 is 5.82 Å². The van der Waals surface area contributed by atoms with Gasteiger partial charge in [0.25, 0.3) is 0 Å². The van der Waals surface area contributed by atoms with E-state index in [1.165, 1.54) is 12.1 Å². The molecule has 3 heterocycles. The van der Waals surface area contributed by atoms with Gasteiger partial charge in [0.05, 0.1) is 40.5 Å². The Labute approximate surface area is 204 Å². The van der Waals surface area contributed by atoms with Crippen molar-refractivity contribution in [3.63, 3.8) is 0 Å². The van der Waals surface area contributed by atoms with Crippen LogP contribution in [0.25, 0.3) is 33.5 Å². The van der Waals surface area contributed by atoms with Crippen LogP contribution >= 0.6 is 0 Å². The van der Waals surface area contributed by atoms with E-state index in [1.807, 2.05) is 37.6 Å². The number of nitrogens with zero attached hydrogens (tertiary/aromatic N) is 6. The molecule has 1 aliphatic heterocycles. The molecule has 178 valence electrons. The minimum absolute atomic E-state index is 0.00852. The minimum Gasteiger partial charge on any atom is -0.355 e. The van der Waals surface area contributed by atoms with E-state index in [9.17, 15) is 9.65 Å². The molecule has 5 rings (SSSR count). The second-order valence-corrected chi connectivity index (χ2v) is 9.23. The standard InChI is InChI=1S/C27H28FN7/c1-17(2)35-16-32-23-13-19(6-7-24(23)35)26-27(18-4-5-20(14-29)22(28)12-18)33-25(15-31-26)34-10-8-21(30-3)9-11-34/h4-7,12-13,15-17,21,30H,8-11H2,1-3H3. The number of aromatic nitrogens is 4. The van der Waals surface area contributed by atoms with Crippen LogP contribution in [0.3, 0.4) is 0 Å². The lowest BCUT2D eigenvalue weighted by molar-refractivity contribution is 0.440. The Bertz CT molecular complexity index is 1410. The van der Waals surface area contributed by atoms with Crippen molar-refractivity contribution in [2.24, 2.45) is 0 Å². The molecule has 2 aromatic carbocycles. The predicted molar refractivity (Wildman–Crippen MR) is 136 cm³/mol. The summed E-state index contributed by atoms with van der Waals surface area (Å²) in [6, 6.07) is 13.3. The molecule has 1 saturated heterocycles. The van der Waals surface area contributed by atoms with Crippen molar-refractivity contribution in [2.75, 3.05) is 25.0 Å². The van der Waals surface area contributed by atoms with Crippen LogP contribution in [0.15, 0.2) is 48.9 Å². The van der Waals surface area contributed by atoms with Gasteiger partial charge in [0.15, 0.2) is 0 Å². The van der Waals surface area contributed by atoms with Gasteiger partial charge in [-0.05, 0) is 58.0 Å². The second-order valence-electron chi connectivity index (χ2n) is 9.23. The number of hydrogen-bond acceptors (Lipinski definition) is 6. The van der Waals surface area contributed by atoms with Crippen LogP contribution in [-0.4, -0.2) is 45.7 Å². The van der Waals surface area contributed by atoms with Crippen LogP contribution < -0.4 is 10.2 Å². The quantitative estimate of drug-likeness (QED) is 0.446. The maximum Gasteiger partial charge on any atom is 0.147 e. The number of rotatable bonds is 5. The summed E-state index contributed by atoms with van der Waals surface area (Å²) in [6.07, 6.45) is 5.70. The largest absolute Gasteiger partial charge is 0.355 e. The first kappa shape index (κ1) is 22.9. The van der Waals surface area contributed by atoms with Crippen molar-refractivity contribution in [3.8, 4) is 28.6 Å². The van der Waals surface area contributed by atoms with Gasteiger partial charge in [-0.25, -0.2) is 14.4 Å². The molecule has 0 bridgehead atoms. The van der Waals surface area contributed by atoms with E-state index >= 15 is 0 Å². The van der Waals surface area contributed by atoms with Crippen LogP contribution in [0.1, 0.15) is 38.3 Å². The zero-order valence-corrected chi connectivity index (χ0v) is 20.2. The predicted octanol–water partition coefficient (Wildman–Crippen LogP) is 4.94. The number of nitrogens with one attached hydrogen (secondary N) is 1. The zero-order chi connectivity index (χ0) is 24.5. The van der Waals surface area contributed by atoms with E-state index in [1.54, 1.807) is 12.3 Å². The second kappa shape index (κ2) is 9.43. The van der Waals surface area contributed by atoms with E-state index in [4.69, 9.17) is 9.97 Å². The Morgan fingerprint density at radius 3 is 2.49 bits per heavy atom. The molecule has 0 spiro atoms. The first-order valence-corrected chi connectivity index (χ1v) is 11.9. The van der Waals surface area contributed by atoms with Crippen molar-refractivity contribution < 1.29 is 4.39 Å². The normalized spacial score (nSPS) is 14.6. The van der Waals surface area contributed by atoms with Crippen LogP contribution in [0.4, 0.5) is 10.2 Å². The molecule has 1 fully saturated rings. The molecule has 0 atom stereocenters. The van der Waals surface area contributed by atoms with Crippen LogP contribution in [0.2, 0.25) is 0 Å². The Hall–Kier alpha value is -3.83. The Balaban J connectivity index is 1.61. The average molecular weight is 470 g/mol. The van der Waals surface area contributed by atoms with Crippen molar-refractivity contribution in [3.05, 3.63) is 60.3 Å². The molecule has 1 N–H and O–H groups in total. The number of piperidine rings is 1. The van der Waals surface area contributed by atoms with E-state index in [0.717, 1.165) is 48.3 Å². The van der Waals surface area contributed by atoms with E-state index in [0.29, 0.717) is 29.0 Å². The maximum absolute atomic E-state index is 14.6. The highest BCUT2D eigenvalue weighted by Gasteiger charge is 2.22. The van der Waals surface area contributed by atoms with Crippen molar-refractivity contribution >= 4 is 16.9 Å². The number of benzene rings is 2. The third-order valence-corrected chi connectivity index (χ3v) is 6.75. The first-order valence-electron chi connectivity index (χ1n) is 11.9. The fourth-order valence-corrected chi connectivity index (χ4v) is 4.69. The Kier molecular flexibility index (Phi) is 6.18. The number of hydrogen-bond donors (Lipinski definition) is 1. The fraction of sp³-hybridized carbons (Fsp3) is 0.333. The lowest BCUT2D eigenvalue weighted by atomic mass is 10.0. The van der Waals surface area contributed by atoms with Gasteiger partial charge in [-0.1, -0.05) is 12.1 Å². The molecule has 0 amide bonds. The fourth-order valence-electron chi connectivity index (χ4n) is 4.69. The number of fused-ring (bicyclic) bond motifs is 1. The van der Waals surface area contributed by atoms with Gasteiger partial charge < -0.3 is 14.8 Å². The number of halogens is 1. The van der Waals surface area contributed by atoms with Gasteiger partial charge in [0.2, 0.25) is 0 Å². The van der Waals surface area contributed by atoms with Crippen molar-refractivity contribution in [2.45, 2.75) is 38.8 Å². The van der Waals surface area contributed by atoms with E-state index in [-0.39, 0.29) is 5.56 Å². The summed E-state index contributed by atoms with van der Waals surface area (Å²) >= 11 is 0. The summed E-state index contributed by atoms with van der Waals surface area (Å²) in [5, 5.41) is 12.5. The maximum atomic E-state index is 14.6. The minimum atomic E-state index is -0.566. The molecule has 2 aromatic heterocycles. The highest BCUT2D eigenvalue weighted by molar-refractivity contribution is 5.86. The monoisotopic (exact) mass is 469 g/mol. The molecular formula is C27H28FN7. The highest BCUT2D eigenvalue weighted by Crippen LogP contribution is 2.33. The molecule has 1 aliphatic rings. The molecule has 4 aromatic rings. The molecular weight excluding hydrogens is 441 g/mol. The smallest absolute Gasteiger partial charge is 0.147 e. The molecule has 35 heavy (non-hydrogen) atoms. The van der Waals surface area contributed by atoms with Gasteiger partial charge in [0, 0.05) is 36.3 Å². The van der Waals surface area contributed by atoms with Crippen molar-refractivity contribution in [1.29, 1.82) is 5.26 Å². The Morgan fingerprint density at radius 1 is 1.06 bits per heavy atom. The summed E-state index contributed by atoms with van der Waals surface area (Å²) in [6.45, 7) is 5.99. The van der Waals surface area contributed by atoms with Gasteiger partial charge in [-0.3, -0.25) is 4.98 Å². The molecule has 8 heteroatoms. The Morgan fingerprint density at radius 2 is 1.80 bits per heavy atom. The van der Waals surface area contributed by atoms with Gasteiger partial charge in [-0.2, -0.15) is 5.26 Å². The third-order valence-electron chi connectivity index (χ3n) is 6.75. The topological polar surface area (TPSA) is 82.7 Å². The number of imidazole rings is 1. The van der Waals surface area contributed by atoms with Crippen LogP contribution in [0.5, 0.6) is 0 Å². The number of anilines is 1. The van der Waals surface area contributed by atoms with Gasteiger partial charge >= 0.3 is 0 Å². The SMILES string of the molecule is CNC1CCN(c2cnc(-c3ccc4c(c3)ncn4C(C)C)c(-c3ccc(C#N)c(F)c3)n2)CC1. The number of nitriles is 1. The molecule has 0 aliphatic carbocycles. The summed E-state index contributed by atoms with van der Waals surface area (Å²) in [7, 11) is 1.99.